The number of nitrogens with zero attached hydrogens (tertiary/aromatic N) is 3. The molecular formula is C10H11N3O3S. The highest BCUT2D eigenvalue weighted by molar-refractivity contribution is 7.12. The zero-order chi connectivity index (χ0) is 12.4. The maximum Gasteiger partial charge on any atom is 0.264 e. The summed E-state index contributed by atoms with van der Waals surface area (Å²) in [6.07, 6.45) is 0. The molecule has 1 amide bonds. The number of amides is 1. The molecule has 90 valence electrons. The van der Waals surface area contributed by atoms with Gasteiger partial charge in [0, 0.05) is 7.05 Å². The highest BCUT2D eigenvalue weighted by Gasteiger charge is 2.20. The number of hydrogen-bond acceptors (Lipinski definition) is 5. The van der Waals surface area contributed by atoms with Crippen LogP contribution in [-0.2, 0) is 13.6 Å². The summed E-state index contributed by atoms with van der Waals surface area (Å²) in [6, 6.07) is 3.55. The highest BCUT2D eigenvalue weighted by Crippen LogP contribution is 2.14. The SMILES string of the molecule is CN(Cc1c([O-])on[n+]1C)C(=O)c1cccs1. The first-order valence-electron chi connectivity index (χ1n) is 4.90. The van der Waals surface area contributed by atoms with Crippen LogP contribution in [-0.4, -0.2) is 23.1 Å². The topological polar surface area (TPSA) is 73.3 Å². The summed E-state index contributed by atoms with van der Waals surface area (Å²) >= 11 is 1.37. The Bertz CT molecular complexity index is 501. The van der Waals surface area contributed by atoms with Crippen molar-refractivity contribution in [3.8, 4) is 5.95 Å². The highest BCUT2D eigenvalue weighted by atomic mass is 32.1. The number of aryl methyl sites for hydroxylation is 1. The molecule has 2 aromatic heterocycles. The van der Waals surface area contributed by atoms with Crippen LogP contribution in [0.25, 0.3) is 0 Å². The van der Waals surface area contributed by atoms with Gasteiger partial charge in [0.05, 0.1) is 10.1 Å². The zero-order valence-electron chi connectivity index (χ0n) is 9.41. The van der Waals surface area contributed by atoms with Gasteiger partial charge >= 0.3 is 0 Å². The first kappa shape index (κ1) is 11.6. The summed E-state index contributed by atoms with van der Waals surface area (Å²) in [6.45, 7) is 0.176. The molecule has 0 saturated carbocycles. The van der Waals surface area contributed by atoms with Crippen molar-refractivity contribution < 1.29 is 19.1 Å². The third-order valence-electron chi connectivity index (χ3n) is 2.34. The molecule has 0 radical (unpaired) electrons. The van der Waals surface area contributed by atoms with E-state index < -0.39 is 5.95 Å². The van der Waals surface area contributed by atoms with E-state index in [2.05, 4.69) is 9.79 Å². The van der Waals surface area contributed by atoms with Gasteiger partial charge in [-0.3, -0.25) is 4.79 Å². The monoisotopic (exact) mass is 253 g/mol. The van der Waals surface area contributed by atoms with Crippen molar-refractivity contribution in [2.45, 2.75) is 6.54 Å². The molecule has 17 heavy (non-hydrogen) atoms. The second-order valence-corrected chi connectivity index (χ2v) is 4.52. The number of carbonyl (C=O) groups excluding carboxylic acids is 1. The van der Waals surface area contributed by atoms with Crippen LogP contribution in [0.2, 0.25) is 0 Å². The van der Waals surface area contributed by atoms with Crippen LogP contribution < -0.4 is 9.79 Å². The van der Waals surface area contributed by atoms with Crippen LogP contribution in [0.1, 0.15) is 15.4 Å². The second-order valence-electron chi connectivity index (χ2n) is 3.57. The number of carbonyl (C=O) groups is 1. The summed E-state index contributed by atoms with van der Waals surface area (Å²) in [7, 11) is 3.23. The van der Waals surface area contributed by atoms with Gasteiger partial charge < -0.3 is 14.5 Å². The first-order valence-corrected chi connectivity index (χ1v) is 5.78. The number of aromatic nitrogens is 2. The molecule has 2 heterocycles. The Balaban J connectivity index is 2.12. The minimum Gasteiger partial charge on any atom is -0.539 e. The van der Waals surface area contributed by atoms with Gasteiger partial charge in [-0.1, -0.05) is 10.7 Å². The lowest BCUT2D eigenvalue weighted by molar-refractivity contribution is -0.746. The normalized spacial score (nSPS) is 10.5. The second kappa shape index (κ2) is 4.54. The maximum absolute atomic E-state index is 11.9. The van der Waals surface area contributed by atoms with Crippen LogP contribution in [0.15, 0.2) is 22.0 Å². The molecule has 0 bridgehead atoms. The lowest BCUT2D eigenvalue weighted by Crippen LogP contribution is -2.38. The van der Waals surface area contributed by atoms with E-state index in [0.717, 1.165) is 0 Å². The van der Waals surface area contributed by atoms with Crippen molar-refractivity contribution >= 4 is 17.2 Å². The predicted molar refractivity (Wildman–Crippen MR) is 57.2 cm³/mol. The van der Waals surface area contributed by atoms with Gasteiger partial charge in [0.15, 0.2) is 13.0 Å². The molecule has 0 aliphatic carbocycles. The molecule has 0 saturated heterocycles. The summed E-state index contributed by atoms with van der Waals surface area (Å²) in [5.41, 5.74) is 0.345. The van der Waals surface area contributed by atoms with Gasteiger partial charge in [0.1, 0.15) is 6.54 Å². The molecule has 2 rings (SSSR count). The lowest BCUT2D eigenvalue weighted by Gasteiger charge is -2.13. The van der Waals surface area contributed by atoms with Crippen molar-refractivity contribution in [1.82, 2.24) is 10.2 Å². The Kier molecular flexibility index (Phi) is 3.10. The molecule has 0 aliphatic rings. The molecule has 6 nitrogen and oxygen atoms in total. The lowest BCUT2D eigenvalue weighted by atomic mass is 10.3. The Morgan fingerprint density at radius 3 is 3.00 bits per heavy atom. The van der Waals surface area contributed by atoms with Crippen molar-refractivity contribution in [2.24, 2.45) is 7.05 Å². The predicted octanol–water partition coefficient (Wildman–Crippen LogP) is -0.0936. The first-order chi connectivity index (χ1) is 8.09. The van der Waals surface area contributed by atoms with E-state index in [1.807, 2.05) is 11.4 Å². The van der Waals surface area contributed by atoms with E-state index in [4.69, 9.17) is 0 Å². The molecule has 0 atom stereocenters. The van der Waals surface area contributed by atoms with Crippen LogP contribution in [0.3, 0.4) is 0 Å². The fourth-order valence-corrected chi connectivity index (χ4v) is 2.10. The minimum absolute atomic E-state index is 0.124. The Labute approximate surface area is 102 Å². The van der Waals surface area contributed by atoms with Crippen LogP contribution in [0.5, 0.6) is 5.95 Å². The molecule has 0 spiro atoms. The van der Waals surface area contributed by atoms with Gasteiger partial charge in [-0.2, -0.15) is 0 Å². The van der Waals surface area contributed by atoms with E-state index in [9.17, 15) is 9.90 Å². The van der Waals surface area contributed by atoms with Gasteiger partial charge in [0.25, 0.3) is 11.6 Å². The van der Waals surface area contributed by atoms with Gasteiger partial charge in [-0.25, -0.2) is 0 Å². The van der Waals surface area contributed by atoms with Gasteiger partial charge in [0.2, 0.25) is 0 Å². The summed E-state index contributed by atoms with van der Waals surface area (Å²) in [5.74, 6) is -0.640. The number of thiophene rings is 1. The van der Waals surface area contributed by atoms with Crippen molar-refractivity contribution in [3.05, 3.63) is 28.1 Å². The number of hydrogen-bond donors (Lipinski definition) is 0. The Morgan fingerprint density at radius 2 is 2.47 bits per heavy atom. The van der Waals surface area contributed by atoms with E-state index in [1.54, 1.807) is 20.2 Å². The van der Waals surface area contributed by atoms with Crippen LogP contribution in [0, 0.1) is 0 Å². The third-order valence-corrected chi connectivity index (χ3v) is 3.20. The van der Waals surface area contributed by atoms with Gasteiger partial charge in [-0.15, -0.1) is 11.3 Å². The summed E-state index contributed by atoms with van der Waals surface area (Å²) in [5, 5.41) is 16.6. The molecule has 0 N–H and O–H groups in total. The van der Waals surface area contributed by atoms with Crippen LogP contribution >= 0.6 is 11.3 Å². The van der Waals surface area contributed by atoms with E-state index >= 15 is 0 Å². The maximum atomic E-state index is 11.9. The fourth-order valence-electron chi connectivity index (χ4n) is 1.38. The Morgan fingerprint density at radius 1 is 1.71 bits per heavy atom. The summed E-state index contributed by atoms with van der Waals surface area (Å²) in [4.78, 5) is 14.0. The van der Waals surface area contributed by atoms with E-state index in [0.29, 0.717) is 10.6 Å². The van der Waals surface area contributed by atoms with E-state index in [1.165, 1.54) is 20.9 Å². The quantitative estimate of drug-likeness (QED) is 0.716. The van der Waals surface area contributed by atoms with Crippen molar-refractivity contribution in [3.63, 3.8) is 0 Å². The van der Waals surface area contributed by atoms with E-state index in [-0.39, 0.29) is 12.5 Å². The molecule has 0 aromatic carbocycles. The van der Waals surface area contributed by atoms with Crippen LogP contribution in [0.4, 0.5) is 0 Å². The van der Waals surface area contributed by atoms with Crippen molar-refractivity contribution in [2.75, 3.05) is 7.05 Å². The average molecular weight is 253 g/mol. The minimum atomic E-state index is -0.515. The standard InChI is InChI=1S/C10H11N3O3S/c1-12(9(14)8-4-3-5-17-8)6-7-10(15)16-11-13(7)2/h3-5H,6H2,1-2H3. The zero-order valence-corrected chi connectivity index (χ0v) is 10.2. The summed E-state index contributed by atoms with van der Waals surface area (Å²) < 4.78 is 5.82. The van der Waals surface area contributed by atoms with Crippen molar-refractivity contribution in [1.29, 1.82) is 0 Å². The third kappa shape index (κ3) is 2.28. The molecule has 0 fully saturated rings. The number of rotatable bonds is 3. The average Bonchev–Trinajstić information content (AvgIpc) is 2.93. The fraction of sp³-hybridized carbons (Fsp3) is 0.300. The molecule has 0 unspecified atom stereocenters. The molecule has 2 aromatic rings. The molecule has 7 heteroatoms. The van der Waals surface area contributed by atoms with Gasteiger partial charge in [-0.05, 0) is 11.4 Å². The Hall–Kier alpha value is -1.89. The molecular weight excluding hydrogens is 242 g/mol. The molecule has 0 aliphatic heterocycles. The largest absolute Gasteiger partial charge is 0.539 e. The smallest absolute Gasteiger partial charge is 0.264 e.